The number of ether oxygens (including phenoxy) is 2. The van der Waals surface area contributed by atoms with E-state index in [9.17, 15) is 9.18 Å². The van der Waals surface area contributed by atoms with Crippen molar-refractivity contribution in [1.82, 2.24) is 10.6 Å². The molecule has 0 saturated heterocycles. The first-order chi connectivity index (χ1) is 11.5. The number of benzene rings is 2. The Hall–Kier alpha value is -2.47. The number of hydrogen-bond donors (Lipinski definition) is 2. The van der Waals surface area contributed by atoms with Crippen LogP contribution in [0.2, 0.25) is 5.02 Å². The summed E-state index contributed by atoms with van der Waals surface area (Å²) >= 11 is 5.76. The molecular weight excluding hydrogens is 335 g/mol. The fourth-order valence-electron chi connectivity index (χ4n) is 2.35. The molecule has 7 heteroatoms. The van der Waals surface area contributed by atoms with Gasteiger partial charge in [0.1, 0.15) is 5.82 Å². The van der Waals surface area contributed by atoms with E-state index in [1.54, 1.807) is 19.1 Å². The van der Waals surface area contributed by atoms with Crippen molar-refractivity contribution >= 4 is 17.6 Å². The SMILES string of the molecule is CC(NC(=O)NCc1ccc2c(c1)OCO2)c1ccc(F)c(Cl)c1. The predicted molar refractivity (Wildman–Crippen MR) is 87.8 cm³/mol. The Kier molecular flexibility index (Phi) is 4.76. The van der Waals surface area contributed by atoms with Crippen molar-refractivity contribution in [3.63, 3.8) is 0 Å². The van der Waals surface area contributed by atoms with Crippen molar-refractivity contribution in [2.24, 2.45) is 0 Å². The first-order valence-corrected chi connectivity index (χ1v) is 7.78. The van der Waals surface area contributed by atoms with Gasteiger partial charge in [0.25, 0.3) is 0 Å². The van der Waals surface area contributed by atoms with Crippen molar-refractivity contribution in [3.05, 3.63) is 58.4 Å². The molecular formula is C17H16ClFN2O3. The molecule has 1 unspecified atom stereocenters. The molecule has 0 spiro atoms. The van der Waals surface area contributed by atoms with Crippen LogP contribution in [0.4, 0.5) is 9.18 Å². The molecule has 2 aromatic carbocycles. The summed E-state index contributed by atoms with van der Waals surface area (Å²) in [6.07, 6.45) is 0. The highest BCUT2D eigenvalue weighted by Crippen LogP contribution is 2.32. The first kappa shape index (κ1) is 16.4. The fraction of sp³-hybridized carbons (Fsp3) is 0.235. The number of halogens is 2. The van der Waals surface area contributed by atoms with Gasteiger partial charge in [-0.05, 0) is 42.3 Å². The van der Waals surface area contributed by atoms with E-state index in [-0.39, 0.29) is 23.9 Å². The Bertz CT molecular complexity index is 769. The molecule has 24 heavy (non-hydrogen) atoms. The summed E-state index contributed by atoms with van der Waals surface area (Å²) in [6.45, 7) is 2.35. The van der Waals surface area contributed by atoms with Gasteiger partial charge in [-0.25, -0.2) is 9.18 Å². The molecule has 2 N–H and O–H groups in total. The van der Waals surface area contributed by atoms with Crippen LogP contribution in [0.25, 0.3) is 0 Å². The largest absolute Gasteiger partial charge is 0.454 e. The zero-order valence-electron chi connectivity index (χ0n) is 12.9. The van der Waals surface area contributed by atoms with Crippen LogP contribution < -0.4 is 20.1 Å². The van der Waals surface area contributed by atoms with Gasteiger partial charge in [-0.3, -0.25) is 0 Å². The maximum Gasteiger partial charge on any atom is 0.315 e. The number of fused-ring (bicyclic) bond motifs is 1. The maximum atomic E-state index is 13.2. The third-order valence-corrected chi connectivity index (χ3v) is 3.97. The standard InChI is InChI=1S/C17H16ClFN2O3/c1-10(12-3-4-14(19)13(18)7-12)21-17(22)20-8-11-2-5-15-16(6-11)24-9-23-15/h2-7,10H,8-9H2,1H3,(H2,20,21,22). The summed E-state index contributed by atoms with van der Waals surface area (Å²) in [4.78, 5) is 12.0. The number of rotatable bonds is 4. The second-order valence-electron chi connectivity index (χ2n) is 5.41. The smallest absolute Gasteiger partial charge is 0.315 e. The van der Waals surface area contributed by atoms with Gasteiger partial charge < -0.3 is 20.1 Å². The monoisotopic (exact) mass is 350 g/mol. The Morgan fingerprint density at radius 2 is 2.04 bits per heavy atom. The van der Waals surface area contributed by atoms with E-state index < -0.39 is 5.82 Å². The average Bonchev–Trinajstić information content (AvgIpc) is 3.03. The molecule has 0 fully saturated rings. The van der Waals surface area contributed by atoms with Gasteiger partial charge in [0.15, 0.2) is 11.5 Å². The highest BCUT2D eigenvalue weighted by molar-refractivity contribution is 6.30. The third-order valence-electron chi connectivity index (χ3n) is 3.68. The summed E-state index contributed by atoms with van der Waals surface area (Å²) in [7, 11) is 0. The topological polar surface area (TPSA) is 59.6 Å². The van der Waals surface area contributed by atoms with Crippen LogP contribution in [0.3, 0.4) is 0 Å². The number of urea groups is 1. The van der Waals surface area contributed by atoms with E-state index in [4.69, 9.17) is 21.1 Å². The Morgan fingerprint density at radius 3 is 2.83 bits per heavy atom. The van der Waals surface area contributed by atoms with Crippen LogP contribution in [0, 0.1) is 5.82 Å². The number of hydrogen-bond acceptors (Lipinski definition) is 3. The summed E-state index contributed by atoms with van der Waals surface area (Å²) in [6, 6.07) is 9.22. The van der Waals surface area contributed by atoms with E-state index in [0.717, 1.165) is 11.1 Å². The summed E-state index contributed by atoms with van der Waals surface area (Å²) < 4.78 is 23.7. The minimum atomic E-state index is -0.486. The van der Waals surface area contributed by atoms with Crippen molar-refractivity contribution in [2.45, 2.75) is 19.5 Å². The normalized spacial score (nSPS) is 13.5. The minimum absolute atomic E-state index is 0.0296. The molecule has 1 atom stereocenters. The first-order valence-electron chi connectivity index (χ1n) is 7.41. The molecule has 0 radical (unpaired) electrons. The molecule has 126 valence electrons. The second-order valence-corrected chi connectivity index (χ2v) is 5.82. The molecule has 0 aliphatic carbocycles. The predicted octanol–water partition coefficient (Wildman–Crippen LogP) is 3.77. The third kappa shape index (κ3) is 3.71. The maximum absolute atomic E-state index is 13.2. The number of carbonyl (C=O) groups excluding carboxylic acids is 1. The van der Waals surface area contributed by atoms with Gasteiger partial charge in [0.2, 0.25) is 6.79 Å². The molecule has 2 amide bonds. The van der Waals surface area contributed by atoms with Crippen LogP contribution in [0.1, 0.15) is 24.1 Å². The Balaban J connectivity index is 1.54. The minimum Gasteiger partial charge on any atom is -0.454 e. The van der Waals surface area contributed by atoms with Crippen LogP contribution >= 0.6 is 11.6 Å². The van der Waals surface area contributed by atoms with Crippen molar-refractivity contribution in [2.75, 3.05) is 6.79 Å². The van der Waals surface area contributed by atoms with Gasteiger partial charge in [0.05, 0.1) is 11.1 Å². The number of nitrogens with one attached hydrogen (secondary N) is 2. The zero-order chi connectivity index (χ0) is 17.1. The van der Waals surface area contributed by atoms with E-state index >= 15 is 0 Å². The zero-order valence-corrected chi connectivity index (χ0v) is 13.7. The Labute approximate surface area is 143 Å². The lowest BCUT2D eigenvalue weighted by molar-refractivity contribution is 0.174. The highest BCUT2D eigenvalue weighted by Gasteiger charge is 2.14. The van der Waals surface area contributed by atoms with E-state index in [2.05, 4.69) is 10.6 Å². The summed E-state index contributed by atoms with van der Waals surface area (Å²) in [5, 5.41) is 5.57. The molecule has 3 rings (SSSR count). The lowest BCUT2D eigenvalue weighted by Crippen LogP contribution is -2.36. The molecule has 0 aromatic heterocycles. The van der Waals surface area contributed by atoms with Gasteiger partial charge >= 0.3 is 6.03 Å². The average molecular weight is 351 g/mol. The summed E-state index contributed by atoms with van der Waals surface area (Å²) in [5.74, 6) is 0.883. The molecule has 5 nitrogen and oxygen atoms in total. The van der Waals surface area contributed by atoms with Crippen LogP contribution in [0.15, 0.2) is 36.4 Å². The van der Waals surface area contributed by atoms with E-state index in [1.165, 1.54) is 12.1 Å². The van der Waals surface area contributed by atoms with Gasteiger partial charge in [-0.1, -0.05) is 23.7 Å². The lowest BCUT2D eigenvalue weighted by Gasteiger charge is -2.15. The molecule has 0 bridgehead atoms. The quantitative estimate of drug-likeness (QED) is 0.882. The Morgan fingerprint density at radius 1 is 1.25 bits per heavy atom. The lowest BCUT2D eigenvalue weighted by atomic mass is 10.1. The molecule has 0 saturated carbocycles. The van der Waals surface area contributed by atoms with Crippen LogP contribution in [0.5, 0.6) is 11.5 Å². The number of carbonyl (C=O) groups is 1. The molecule has 1 aliphatic heterocycles. The van der Waals surface area contributed by atoms with Crippen molar-refractivity contribution in [3.8, 4) is 11.5 Å². The van der Waals surface area contributed by atoms with Crippen molar-refractivity contribution in [1.29, 1.82) is 0 Å². The molecule has 1 aliphatic rings. The van der Waals surface area contributed by atoms with Gasteiger partial charge in [0, 0.05) is 6.54 Å². The van der Waals surface area contributed by atoms with E-state index in [0.29, 0.717) is 18.0 Å². The highest BCUT2D eigenvalue weighted by atomic mass is 35.5. The second kappa shape index (κ2) is 6.97. The van der Waals surface area contributed by atoms with E-state index in [1.807, 2.05) is 12.1 Å². The van der Waals surface area contributed by atoms with Crippen molar-refractivity contribution < 1.29 is 18.7 Å². The molecule has 1 heterocycles. The van der Waals surface area contributed by atoms with Crippen LogP contribution in [-0.4, -0.2) is 12.8 Å². The fourth-order valence-corrected chi connectivity index (χ4v) is 2.53. The number of amides is 2. The van der Waals surface area contributed by atoms with Gasteiger partial charge in [-0.15, -0.1) is 0 Å². The van der Waals surface area contributed by atoms with Gasteiger partial charge in [-0.2, -0.15) is 0 Å². The van der Waals surface area contributed by atoms with Crippen LogP contribution in [-0.2, 0) is 6.54 Å². The summed E-state index contributed by atoms with van der Waals surface area (Å²) in [5.41, 5.74) is 1.62. The molecule has 2 aromatic rings.